The van der Waals surface area contributed by atoms with Gasteiger partial charge < -0.3 is 26.4 Å². The molecular formula is C28H45N5O6. The van der Waals surface area contributed by atoms with E-state index >= 15 is 0 Å². The molecule has 0 spiro atoms. The molecule has 218 valence electrons. The summed E-state index contributed by atoms with van der Waals surface area (Å²) in [6.07, 6.45) is 12.5. The Labute approximate surface area is 231 Å². The monoisotopic (exact) mass is 547 g/mol. The van der Waals surface area contributed by atoms with Crippen molar-refractivity contribution >= 4 is 29.7 Å². The highest BCUT2D eigenvalue weighted by Crippen LogP contribution is 2.17. The Morgan fingerprint density at radius 1 is 0.974 bits per heavy atom. The molecule has 11 heteroatoms. The average molecular weight is 548 g/mol. The second-order valence-corrected chi connectivity index (χ2v) is 10.4. The third kappa shape index (κ3) is 14.3. The summed E-state index contributed by atoms with van der Waals surface area (Å²) in [4.78, 5) is 60.4. The number of rotatable bonds is 17. The van der Waals surface area contributed by atoms with Gasteiger partial charge in [-0.05, 0) is 37.8 Å². The van der Waals surface area contributed by atoms with Crippen LogP contribution in [0.4, 0.5) is 4.79 Å². The van der Waals surface area contributed by atoms with Gasteiger partial charge in [-0.1, -0.05) is 45.4 Å². The minimum atomic E-state index is -0.642. The van der Waals surface area contributed by atoms with Gasteiger partial charge in [-0.25, -0.2) is 4.79 Å². The number of unbranched alkanes of at least 4 members (excludes halogenated alkanes) is 2. The lowest BCUT2D eigenvalue weighted by molar-refractivity contribution is -0.137. The topological polar surface area (TPSA) is 160 Å². The molecule has 0 radical (unpaired) electrons. The minimum Gasteiger partial charge on any atom is -0.446 e. The van der Waals surface area contributed by atoms with Crippen molar-refractivity contribution in [2.24, 2.45) is 11.1 Å². The zero-order chi connectivity index (χ0) is 29.3. The van der Waals surface area contributed by atoms with Crippen LogP contribution in [0, 0.1) is 5.41 Å². The van der Waals surface area contributed by atoms with Gasteiger partial charge in [-0.3, -0.25) is 24.1 Å². The Bertz CT molecular complexity index is 904. The zero-order valence-corrected chi connectivity index (χ0v) is 23.7. The van der Waals surface area contributed by atoms with Crippen LogP contribution in [0.5, 0.6) is 0 Å². The van der Waals surface area contributed by atoms with Crippen molar-refractivity contribution in [2.45, 2.75) is 84.8 Å². The normalized spacial score (nSPS) is 15.2. The quantitative estimate of drug-likeness (QED) is 0.124. The van der Waals surface area contributed by atoms with Crippen LogP contribution in [0.1, 0.15) is 72.6 Å². The van der Waals surface area contributed by atoms with Gasteiger partial charge in [0.05, 0.1) is 6.04 Å². The molecule has 0 aliphatic carbocycles. The molecule has 0 aromatic heterocycles. The number of hydrogen-bond acceptors (Lipinski definition) is 7. The Morgan fingerprint density at radius 2 is 1.62 bits per heavy atom. The second-order valence-electron chi connectivity index (χ2n) is 10.4. The number of carbonyl (C=O) groups excluding carboxylic acids is 5. The van der Waals surface area contributed by atoms with Crippen LogP contribution in [0.3, 0.4) is 0 Å². The fourth-order valence-corrected chi connectivity index (χ4v) is 3.50. The van der Waals surface area contributed by atoms with Crippen molar-refractivity contribution in [1.82, 2.24) is 20.9 Å². The van der Waals surface area contributed by atoms with Crippen LogP contribution >= 0.6 is 0 Å². The molecule has 0 unspecified atom stereocenters. The zero-order valence-electron chi connectivity index (χ0n) is 23.7. The van der Waals surface area contributed by atoms with Gasteiger partial charge in [0.25, 0.3) is 11.8 Å². The van der Waals surface area contributed by atoms with Gasteiger partial charge in [-0.15, -0.1) is 0 Å². The summed E-state index contributed by atoms with van der Waals surface area (Å²) >= 11 is 0. The van der Waals surface area contributed by atoms with Crippen molar-refractivity contribution in [3.8, 4) is 0 Å². The first-order valence-electron chi connectivity index (χ1n) is 13.5. The number of hydrogen-bond donors (Lipinski definition) is 4. The van der Waals surface area contributed by atoms with Gasteiger partial charge in [0.15, 0.2) is 0 Å². The van der Waals surface area contributed by atoms with Gasteiger partial charge >= 0.3 is 6.09 Å². The van der Waals surface area contributed by atoms with E-state index in [-0.39, 0.29) is 29.0 Å². The summed E-state index contributed by atoms with van der Waals surface area (Å²) in [7, 11) is 0. The van der Waals surface area contributed by atoms with Gasteiger partial charge in [-0.2, -0.15) is 0 Å². The molecule has 2 atom stereocenters. The van der Waals surface area contributed by atoms with E-state index < -0.39 is 18.2 Å². The lowest BCUT2D eigenvalue weighted by Crippen LogP contribution is -2.47. The molecule has 0 saturated carbocycles. The number of amides is 5. The van der Waals surface area contributed by atoms with E-state index in [1.807, 2.05) is 39.8 Å². The molecule has 1 aliphatic rings. The summed E-state index contributed by atoms with van der Waals surface area (Å²) in [5.74, 6) is -0.937. The average Bonchev–Trinajstić information content (AvgIpc) is 3.20. The fourth-order valence-electron chi connectivity index (χ4n) is 3.50. The molecular weight excluding hydrogens is 502 g/mol. The van der Waals surface area contributed by atoms with Crippen molar-refractivity contribution in [3.63, 3.8) is 0 Å². The molecule has 39 heavy (non-hydrogen) atoms. The summed E-state index contributed by atoms with van der Waals surface area (Å²) in [5.41, 5.74) is 5.58. The summed E-state index contributed by atoms with van der Waals surface area (Å²) in [6.45, 7) is 8.68. The molecule has 0 saturated heterocycles. The van der Waals surface area contributed by atoms with E-state index in [1.165, 1.54) is 23.3 Å². The van der Waals surface area contributed by atoms with Crippen LogP contribution in [0.25, 0.3) is 0 Å². The van der Waals surface area contributed by atoms with Gasteiger partial charge in [0.2, 0.25) is 11.8 Å². The number of nitrogens with one attached hydrogen (secondary N) is 3. The maximum Gasteiger partial charge on any atom is 0.407 e. The third-order valence-corrected chi connectivity index (χ3v) is 6.00. The van der Waals surface area contributed by atoms with Crippen molar-refractivity contribution in [2.75, 3.05) is 19.6 Å². The highest BCUT2D eigenvalue weighted by atomic mass is 16.6. The molecule has 0 bridgehead atoms. The largest absolute Gasteiger partial charge is 0.446 e. The predicted molar refractivity (Wildman–Crippen MR) is 149 cm³/mol. The number of alkyl carbamates (subject to hydrolysis) is 1. The molecule has 5 amide bonds. The second kappa shape index (κ2) is 17.9. The summed E-state index contributed by atoms with van der Waals surface area (Å²) in [5, 5.41) is 8.16. The van der Waals surface area contributed by atoms with Crippen molar-refractivity contribution < 1.29 is 28.7 Å². The number of nitrogens with two attached hydrogens (primary N) is 1. The molecule has 11 nitrogen and oxygen atoms in total. The summed E-state index contributed by atoms with van der Waals surface area (Å²) in [6, 6.07) is -0.642. The number of ether oxygens (including phenoxy) is 1. The van der Waals surface area contributed by atoms with Crippen LogP contribution in [-0.2, 0) is 23.9 Å². The van der Waals surface area contributed by atoms with E-state index in [4.69, 9.17) is 10.5 Å². The first-order chi connectivity index (χ1) is 18.5. The minimum absolute atomic E-state index is 0.0821. The smallest absolute Gasteiger partial charge is 0.407 e. The lowest BCUT2D eigenvalue weighted by Gasteiger charge is -2.25. The highest BCUT2D eigenvalue weighted by Gasteiger charge is 2.26. The van der Waals surface area contributed by atoms with E-state index in [9.17, 15) is 24.0 Å². The Balaban J connectivity index is 2.19. The summed E-state index contributed by atoms with van der Waals surface area (Å²) < 4.78 is 5.49. The number of carbonyl (C=O) groups is 5. The molecule has 1 aliphatic heterocycles. The number of imide groups is 1. The lowest BCUT2D eigenvalue weighted by atomic mass is 9.87. The molecule has 0 fully saturated rings. The number of allylic oxidation sites excluding steroid dienone is 1. The maximum absolute atomic E-state index is 12.2. The molecule has 1 heterocycles. The first kappa shape index (κ1) is 33.6. The molecule has 0 aromatic carbocycles. The van der Waals surface area contributed by atoms with Crippen LogP contribution < -0.4 is 21.7 Å². The fraction of sp³-hybridized carbons (Fsp3) is 0.607. The van der Waals surface area contributed by atoms with Gasteiger partial charge in [0, 0.05) is 51.0 Å². The maximum atomic E-state index is 12.2. The Kier molecular flexibility index (Phi) is 15.4. The van der Waals surface area contributed by atoms with E-state index in [0.717, 1.165) is 6.42 Å². The molecule has 1 rings (SSSR count). The standard InChI is InChI=1S/C28H45N5O6/c1-5-6-12-21(13-10-17-31-26(37)25(29)28(2,3)4)39-27(38)32-19-11-18-30-22(34)14-8-7-9-20-33-23(35)15-16-24(33)36/h5-6,10,15-17,21,25H,7-9,11-14,18-20,29H2,1-4H3,(H,30,34)(H,31,37)(H,32,38)/b6-5-,17-10-/t21-,25+/m0/s1. The van der Waals surface area contributed by atoms with E-state index in [1.54, 1.807) is 6.08 Å². The Morgan fingerprint density at radius 3 is 2.26 bits per heavy atom. The highest BCUT2D eigenvalue weighted by molar-refractivity contribution is 6.12. The Hall–Kier alpha value is -3.47. The van der Waals surface area contributed by atoms with E-state index in [0.29, 0.717) is 58.2 Å². The van der Waals surface area contributed by atoms with Gasteiger partial charge in [0.1, 0.15) is 6.10 Å². The van der Waals surface area contributed by atoms with E-state index in [2.05, 4.69) is 16.0 Å². The SMILES string of the molecule is C/C=C\C[C@@H](C/C=C\NC(=O)[C@@H](N)C(C)(C)C)OC(=O)NCCCNC(=O)CCCCCN1C(=O)C=CC1=O. The molecule has 0 aromatic rings. The molecule has 5 N–H and O–H groups in total. The van der Waals surface area contributed by atoms with Crippen LogP contribution in [0.2, 0.25) is 0 Å². The van der Waals surface area contributed by atoms with Crippen molar-refractivity contribution in [3.05, 3.63) is 36.6 Å². The van der Waals surface area contributed by atoms with Crippen molar-refractivity contribution in [1.29, 1.82) is 0 Å². The van der Waals surface area contributed by atoms with Crippen LogP contribution in [-0.4, -0.2) is 66.4 Å². The first-order valence-corrected chi connectivity index (χ1v) is 13.5. The predicted octanol–water partition coefficient (Wildman–Crippen LogP) is 2.43. The number of nitrogens with zero attached hydrogens (tertiary/aromatic N) is 1. The van der Waals surface area contributed by atoms with Crippen LogP contribution in [0.15, 0.2) is 36.6 Å². The third-order valence-electron chi connectivity index (χ3n) is 6.00.